The van der Waals surface area contributed by atoms with Crippen LogP contribution in [0, 0.1) is 0 Å². The van der Waals surface area contributed by atoms with Crippen molar-refractivity contribution in [3.8, 4) is 28.3 Å². The highest BCUT2D eigenvalue weighted by Gasteiger charge is 2.22. The number of nitrogens with zero attached hydrogens (tertiary/aromatic N) is 3. The fourth-order valence-corrected chi connectivity index (χ4v) is 4.89. The van der Waals surface area contributed by atoms with Crippen molar-refractivity contribution in [1.82, 2.24) is 15.2 Å². The zero-order chi connectivity index (χ0) is 22.6. The Hall–Kier alpha value is -3.69. The normalized spacial score (nSPS) is 13.7. The highest BCUT2D eigenvalue weighted by atomic mass is 32.1. The first-order valence-electron chi connectivity index (χ1n) is 10.6. The minimum Gasteiger partial charge on any atom is -0.496 e. The van der Waals surface area contributed by atoms with E-state index in [9.17, 15) is 4.79 Å². The second kappa shape index (κ2) is 9.43. The molecular formula is C24H23N5O3S. The molecule has 0 spiro atoms. The molecule has 9 heteroatoms. The number of amides is 1. The number of carbonyl (C=O) groups is 1. The molecule has 5 rings (SSSR count). The lowest BCUT2D eigenvalue weighted by Crippen LogP contribution is -2.35. The average Bonchev–Trinajstić information content (AvgIpc) is 3.53. The number of hydrogen-bond acceptors (Lipinski definition) is 7. The van der Waals surface area contributed by atoms with Crippen molar-refractivity contribution in [2.24, 2.45) is 0 Å². The van der Waals surface area contributed by atoms with Gasteiger partial charge in [0.05, 0.1) is 35.8 Å². The van der Waals surface area contributed by atoms with E-state index in [2.05, 4.69) is 37.5 Å². The molecule has 33 heavy (non-hydrogen) atoms. The summed E-state index contributed by atoms with van der Waals surface area (Å²) in [7, 11) is 1.60. The van der Waals surface area contributed by atoms with E-state index < -0.39 is 0 Å². The molecule has 1 aliphatic heterocycles. The van der Waals surface area contributed by atoms with Crippen molar-refractivity contribution in [2.75, 3.05) is 43.6 Å². The molecule has 0 radical (unpaired) electrons. The van der Waals surface area contributed by atoms with Crippen molar-refractivity contribution in [3.63, 3.8) is 0 Å². The molecule has 0 bridgehead atoms. The second-order valence-corrected chi connectivity index (χ2v) is 8.49. The molecule has 0 aliphatic carbocycles. The van der Waals surface area contributed by atoms with Crippen LogP contribution in [0.1, 0.15) is 9.67 Å². The Balaban J connectivity index is 1.41. The van der Waals surface area contributed by atoms with Gasteiger partial charge < -0.3 is 14.4 Å². The van der Waals surface area contributed by atoms with E-state index in [0.717, 1.165) is 34.8 Å². The van der Waals surface area contributed by atoms with Crippen molar-refractivity contribution < 1.29 is 14.3 Å². The average molecular weight is 462 g/mol. The van der Waals surface area contributed by atoms with Gasteiger partial charge in [-0.25, -0.2) is 0 Å². The van der Waals surface area contributed by atoms with Crippen LogP contribution in [-0.2, 0) is 4.74 Å². The fourth-order valence-electron chi connectivity index (χ4n) is 3.76. The van der Waals surface area contributed by atoms with Gasteiger partial charge in [-0.3, -0.25) is 15.2 Å². The number of benzene rings is 2. The molecule has 0 atom stereocenters. The number of ether oxygens (including phenoxy) is 2. The van der Waals surface area contributed by atoms with E-state index >= 15 is 0 Å². The molecule has 8 nitrogen and oxygen atoms in total. The summed E-state index contributed by atoms with van der Waals surface area (Å²) in [5, 5.41) is 10.9. The first kappa shape index (κ1) is 21.2. The summed E-state index contributed by atoms with van der Waals surface area (Å²) in [6.45, 7) is 2.95. The zero-order valence-electron chi connectivity index (χ0n) is 18.1. The maximum Gasteiger partial charge on any atom is 0.268 e. The Bertz CT molecular complexity index is 1250. The molecule has 3 heterocycles. The predicted octanol–water partition coefficient (Wildman–Crippen LogP) is 4.30. The number of thiophene rings is 1. The van der Waals surface area contributed by atoms with Crippen LogP contribution in [0.4, 0.5) is 10.9 Å². The van der Waals surface area contributed by atoms with Crippen LogP contribution in [-0.4, -0.2) is 54.5 Å². The molecule has 1 aliphatic rings. The van der Waals surface area contributed by atoms with Crippen molar-refractivity contribution in [3.05, 3.63) is 65.5 Å². The third kappa shape index (κ3) is 4.46. The SMILES string of the molecule is COc1ccccc1-c1nc(NC(=O)c2cc(-c3ccccc3)c(N3CCOCC3)s2)n[nH]1. The smallest absolute Gasteiger partial charge is 0.268 e. The van der Waals surface area contributed by atoms with Gasteiger partial charge in [0.25, 0.3) is 5.91 Å². The van der Waals surface area contributed by atoms with E-state index in [1.807, 2.05) is 48.5 Å². The Morgan fingerprint density at radius 3 is 2.64 bits per heavy atom. The number of para-hydroxylation sites is 1. The highest BCUT2D eigenvalue weighted by Crippen LogP contribution is 2.39. The van der Waals surface area contributed by atoms with Crippen LogP contribution in [0.5, 0.6) is 5.75 Å². The summed E-state index contributed by atoms with van der Waals surface area (Å²) in [5.41, 5.74) is 2.88. The molecule has 4 aromatic rings. The molecule has 2 N–H and O–H groups in total. The minimum atomic E-state index is -0.248. The molecule has 1 saturated heterocycles. The number of H-pyrrole nitrogens is 1. The Morgan fingerprint density at radius 1 is 1.09 bits per heavy atom. The standard InChI is InChI=1S/C24H23N5O3S/c1-31-19-10-6-5-9-17(19)21-25-24(28-27-21)26-22(30)20-15-18(16-7-3-2-4-8-16)23(33-20)29-11-13-32-14-12-29/h2-10,15H,11-14H2,1H3,(H2,25,26,27,28,30). The molecule has 1 amide bonds. The lowest BCUT2D eigenvalue weighted by molar-refractivity contribution is 0.102. The monoisotopic (exact) mass is 461 g/mol. The van der Waals surface area contributed by atoms with Crippen LogP contribution in [0.2, 0.25) is 0 Å². The number of methoxy groups -OCH3 is 1. The van der Waals surface area contributed by atoms with Gasteiger partial charge in [0, 0.05) is 18.7 Å². The summed E-state index contributed by atoms with van der Waals surface area (Å²) >= 11 is 1.47. The third-order valence-electron chi connectivity index (χ3n) is 5.39. The van der Waals surface area contributed by atoms with Gasteiger partial charge in [-0.1, -0.05) is 42.5 Å². The Kier molecular flexibility index (Phi) is 6.05. The lowest BCUT2D eigenvalue weighted by atomic mass is 10.1. The van der Waals surface area contributed by atoms with E-state index in [-0.39, 0.29) is 11.9 Å². The lowest BCUT2D eigenvalue weighted by Gasteiger charge is -2.28. The quantitative estimate of drug-likeness (QED) is 0.445. The van der Waals surface area contributed by atoms with E-state index in [1.165, 1.54) is 11.3 Å². The zero-order valence-corrected chi connectivity index (χ0v) is 18.9. The van der Waals surface area contributed by atoms with Gasteiger partial charge in [0.15, 0.2) is 5.82 Å². The third-order valence-corrected chi connectivity index (χ3v) is 6.59. The maximum atomic E-state index is 13.1. The van der Waals surface area contributed by atoms with Gasteiger partial charge in [-0.2, -0.15) is 4.98 Å². The largest absolute Gasteiger partial charge is 0.496 e. The predicted molar refractivity (Wildman–Crippen MR) is 129 cm³/mol. The number of carbonyl (C=O) groups excluding carboxylic acids is 1. The van der Waals surface area contributed by atoms with Gasteiger partial charge >= 0.3 is 0 Å². The van der Waals surface area contributed by atoms with E-state index in [4.69, 9.17) is 9.47 Å². The highest BCUT2D eigenvalue weighted by molar-refractivity contribution is 7.18. The number of nitrogens with one attached hydrogen (secondary N) is 2. The van der Waals surface area contributed by atoms with Crippen LogP contribution < -0.4 is 15.0 Å². The first-order chi connectivity index (χ1) is 16.2. The molecule has 168 valence electrons. The van der Waals surface area contributed by atoms with Crippen LogP contribution >= 0.6 is 11.3 Å². The molecule has 2 aromatic heterocycles. The molecular weight excluding hydrogens is 438 g/mol. The van der Waals surface area contributed by atoms with Crippen LogP contribution in [0.15, 0.2) is 60.7 Å². The number of hydrogen-bond donors (Lipinski definition) is 2. The van der Waals surface area contributed by atoms with Gasteiger partial charge in [0.1, 0.15) is 5.75 Å². The summed E-state index contributed by atoms with van der Waals surface area (Å²) in [4.78, 5) is 20.4. The van der Waals surface area contributed by atoms with Crippen LogP contribution in [0.3, 0.4) is 0 Å². The number of anilines is 2. The topological polar surface area (TPSA) is 92.4 Å². The summed E-state index contributed by atoms with van der Waals surface area (Å²) in [6, 6.07) is 19.5. The molecule has 0 saturated carbocycles. The van der Waals surface area contributed by atoms with Crippen LogP contribution in [0.25, 0.3) is 22.5 Å². The van der Waals surface area contributed by atoms with E-state index in [0.29, 0.717) is 29.7 Å². The molecule has 0 unspecified atom stereocenters. The molecule has 1 fully saturated rings. The maximum absolute atomic E-state index is 13.1. The Morgan fingerprint density at radius 2 is 1.85 bits per heavy atom. The first-order valence-corrected chi connectivity index (χ1v) is 11.4. The van der Waals surface area contributed by atoms with Gasteiger partial charge in [0.2, 0.25) is 5.95 Å². The number of aromatic amines is 1. The summed E-state index contributed by atoms with van der Waals surface area (Å²) in [6.07, 6.45) is 0. The van der Waals surface area contributed by atoms with Crippen molar-refractivity contribution in [1.29, 1.82) is 0 Å². The van der Waals surface area contributed by atoms with Gasteiger partial charge in [-0.05, 0) is 23.8 Å². The van der Waals surface area contributed by atoms with Gasteiger partial charge in [-0.15, -0.1) is 16.4 Å². The summed E-state index contributed by atoms with van der Waals surface area (Å²) in [5.74, 6) is 1.16. The minimum absolute atomic E-state index is 0.212. The molecule has 2 aromatic carbocycles. The number of rotatable bonds is 6. The summed E-state index contributed by atoms with van der Waals surface area (Å²) < 4.78 is 10.9. The number of morpholine rings is 1. The fraction of sp³-hybridized carbons (Fsp3) is 0.208. The van der Waals surface area contributed by atoms with E-state index in [1.54, 1.807) is 7.11 Å². The Labute approximate surface area is 195 Å². The number of aromatic nitrogens is 3. The van der Waals surface area contributed by atoms with Crippen molar-refractivity contribution >= 4 is 28.2 Å². The van der Waals surface area contributed by atoms with Crippen molar-refractivity contribution in [2.45, 2.75) is 0 Å². The second-order valence-electron chi connectivity index (χ2n) is 7.46.